The standard InChI is InChI=1S/C21H20N2O3S2/c24-20(23-12-11-17-4-1-2-5-18(17)15-23)14-16-7-9-19(10-8-16)22-28(25,26)21-6-3-13-27-21/h1-10,13,22H,11-12,14-15H2. The van der Waals surface area contributed by atoms with Crippen LogP contribution in [0, 0.1) is 0 Å². The van der Waals surface area contributed by atoms with Crippen molar-refractivity contribution in [2.75, 3.05) is 11.3 Å². The number of fused-ring (bicyclic) bond motifs is 1. The lowest BCUT2D eigenvalue weighted by Crippen LogP contribution is -2.36. The molecule has 0 spiro atoms. The monoisotopic (exact) mass is 412 g/mol. The molecule has 28 heavy (non-hydrogen) atoms. The zero-order valence-corrected chi connectivity index (χ0v) is 16.8. The number of carbonyl (C=O) groups is 1. The third-order valence-electron chi connectivity index (χ3n) is 4.80. The Kier molecular flexibility index (Phi) is 5.19. The van der Waals surface area contributed by atoms with Crippen molar-refractivity contribution in [2.24, 2.45) is 0 Å². The van der Waals surface area contributed by atoms with Crippen LogP contribution in [0.15, 0.2) is 70.3 Å². The number of hydrogen-bond donors (Lipinski definition) is 1. The van der Waals surface area contributed by atoms with Crippen molar-refractivity contribution in [1.29, 1.82) is 0 Å². The van der Waals surface area contributed by atoms with Crippen molar-refractivity contribution in [2.45, 2.75) is 23.6 Å². The molecule has 0 unspecified atom stereocenters. The van der Waals surface area contributed by atoms with E-state index < -0.39 is 10.0 Å². The van der Waals surface area contributed by atoms with Gasteiger partial charge in [0.15, 0.2) is 0 Å². The van der Waals surface area contributed by atoms with Crippen LogP contribution < -0.4 is 4.72 Å². The Balaban J connectivity index is 1.39. The number of sulfonamides is 1. The zero-order chi connectivity index (χ0) is 19.6. The molecule has 5 nitrogen and oxygen atoms in total. The molecule has 1 aliphatic rings. The van der Waals surface area contributed by atoms with Crippen LogP contribution in [0.4, 0.5) is 5.69 Å². The molecule has 0 aliphatic carbocycles. The van der Waals surface area contributed by atoms with Gasteiger partial charge in [0.05, 0.1) is 6.42 Å². The normalized spacial score (nSPS) is 13.8. The van der Waals surface area contributed by atoms with Gasteiger partial charge in [-0.3, -0.25) is 9.52 Å². The fourth-order valence-corrected chi connectivity index (χ4v) is 5.36. The average Bonchev–Trinajstić information content (AvgIpc) is 3.25. The van der Waals surface area contributed by atoms with Crippen molar-refractivity contribution >= 4 is 33.0 Å². The Bertz CT molecular complexity index is 1080. The fraction of sp³-hybridized carbons (Fsp3) is 0.190. The number of rotatable bonds is 5. The Labute approximate surface area is 168 Å². The Hall–Kier alpha value is -2.64. The topological polar surface area (TPSA) is 66.5 Å². The highest BCUT2D eigenvalue weighted by Crippen LogP contribution is 2.22. The van der Waals surface area contributed by atoms with Crippen LogP contribution in [0.5, 0.6) is 0 Å². The number of nitrogens with zero attached hydrogens (tertiary/aromatic N) is 1. The lowest BCUT2D eigenvalue weighted by molar-refractivity contribution is -0.131. The summed E-state index contributed by atoms with van der Waals surface area (Å²) in [5.74, 6) is 0.0846. The molecule has 4 rings (SSSR count). The second-order valence-corrected chi connectivity index (χ2v) is 9.60. The van der Waals surface area contributed by atoms with Crippen LogP contribution in [-0.2, 0) is 34.2 Å². The average molecular weight is 413 g/mol. The lowest BCUT2D eigenvalue weighted by Gasteiger charge is -2.29. The molecule has 0 radical (unpaired) electrons. The number of thiophene rings is 1. The van der Waals surface area contributed by atoms with E-state index in [2.05, 4.69) is 16.9 Å². The first-order valence-corrected chi connectivity index (χ1v) is 11.4. The fourth-order valence-electron chi connectivity index (χ4n) is 3.31. The van der Waals surface area contributed by atoms with Gasteiger partial charge in [-0.2, -0.15) is 0 Å². The van der Waals surface area contributed by atoms with E-state index in [0.717, 1.165) is 18.5 Å². The number of benzene rings is 2. The minimum atomic E-state index is -3.56. The van der Waals surface area contributed by atoms with Gasteiger partial charge < -0.3 is 4.90 Å². The number of amides is 1. The molecule has 1 amide bonds. The molecular weight excluding hydrogens is 392 g/mol. The van der Waals surface area contributed by atoms with Crippen molar-refractivity contribution < 1.29 is 13.2 Å². The highest BCUT2D eigenvalue weighted by Gasteiger charge is 2.20. The largest absolute Gasteiger partial charge is 0.338 e. The van der Waals surface area contributed by atoms with Crippen LogP contribution in [0.3, 0.4) is 0 Å². The van der Waals surface area contributed by atoms with E-state index in [4.69, 9.17) is 0 Å². The molecular formula is C21H20N2O3S2. The molecule has 0 bridgehead atoms. The highest BCUT2D eigenvalue weighted by atomic mass is 32.2. The molecule has 1 aromatic heterocycles. The molecule has 7 heteroatoms. The predicted octanol–water partition coefficient (Wildman–Crippen LogP) is 3.68. The van der Waals surface area contributed by atoms with Gasteiger partial charge in [-0.05, 0) is 46.7 Å². The van der Waals surface area contributed by atoms with Crippen LogP contribution in [0.25, 0.3) is 0 Å². The maximum absolute atomic E-state index is 12.7. The summed E-state index contributed by atoms with van der Waals surface area (Å²) in [6.45, 7) is 1.38. The van der Waals surface area contributed by atoms with Crippen LogP contribution >= 0.6 is 11.3 Å². The van der Waals surface area contributed by atoms with E-state index in [0.29, 0.717) is 18.7 Å². The molecule has 2 heterocycles. The van der Waals surface area contributed by atoms with Gasteiger partial charge in [0.2, 0.25) is 5.91 Å². The molecule has 0 fully saturated rings. The lowest BCUT2D eigenvalue weighted by atomic mass is 9.99. The van der Waals surface area contributed by atoms with Gasteiger partial charge in [-0.15, -0.1) is 11.3 Å². The molecule has 1 N–H and O–H groups in total. The summed E-state index contributed by atoms with van der Waals surface area (Å²) in [5.41, 5.74) is 3.87. The zero-order valence-electron chi connectivity index (χ0n) is 15.2. The number of nitrogens with one attached hydrogen (secondary N) is 1. The summed E-state index contributed by atoms with van der Waals surface area (Å²) >= 11 is 1.17. The SMILES string of the molecule is O=C(Cc1ccc(NS(=O)(=O)c2cccs2)cc1)N1CCc2ccccc2C1. The predicted molar refractivity (Wildman–Crippen MR) is 111 cm³/mol. The third-order valence-corrected chi connectivity index (χ3v) is 7.58. The van der Waals surface area contributed by atoms with E-state index in [1.165, 1.54) is 22.5 Å². The molecule has 2 aromatic carbocycles. The summed E-state index contributed by atoms with van der Waals surface area (Å²) in [6, 6.07) is 18.5. The van der Waals surface area contributed by atoms with Crippen LogP contribution in [0.2, 0.25) is 0 Å². The van der Waals surface area contributed by atoms with E-state index in [-0.39, 0.29) is 10.1 Å². The van der Waals surface area contributed by atoms with E-state index >= 15 is 0 Å². The van der Waals surface area contributed by atoms with Crippen molar-refractivity contribution in [3.05, 3.63) is 82.7 Å². The van der Waals surface area contributed by atoms with Gasteiger partial charge in [0.1, 0.15) is 4.21 Å². The molecule has 144 valence electrons. The van der Waals surface area contributed by atoms with Crippen molar-refractivity contribution in [3.63, 3.8) is 0 Å². The van der Waals surface area contributed by atoms with E-state index in [1.807, 2.05) is 17.0 Å². The summed E-state index contributed by atoms with van der Waals surface area (Å²) in [6.07, 6.45) is 1.19. The molecule has 3 aromatic rings. The molecule has 0 saturated carbocycles. The van der Waals surface area contributed by atoms with Crippen molar-refractivity contribution in [1.82, 2.24) is 4.90 Å². The van der Waals surface area contributed by atoms with Gasteiger partial charge in [-0.25, -0.2) is 8.42 Å². The smallest absolute Gasteiger partial charge is 0.271 e. The van der Waals surface area contributed by atoms with Gasteiger partial charge in [-0.1, -0.05) is 42.5 Å². The minimum Gasteiger partial charge on any atom is -0.338 e. The summed E-state index contributed by atoms with van der Waals surface area (Å²) < 4.78 is 27.4. The summed E-state index contributed by atoms with van der Waals surface area (Å²) in [7, 11) is -3.56. The van der Waals surface area contributed by atoms with Crippen molar-refractivity contribution in [3.8, 4) is 0 Å². The Morgan fingerprint density at radius 3 is 2.46 bits per heavy atom. The second kappa shape index (κ2) is 7.77. The molecule has 1 aliphatic heterocycles. The first-order chi connectivity index (χ1) is 13.5. The minimum absolute atomic E-state index is 0.0846. The third kappa shape index (κ3) is 4.10. The van der Waals surface area contributed by atoms with Crippen LogP contribution in [0.1, 0.15) is 16.7 Å². The first kappa shape index (κ1) is 18.7. The molecule has 0 saturated heterocycles. The number of anilines is 1. The highest BCUT2D eigenvalue weighted by molar-refractivity contribution is 7.94. The van der Waals surface area contributed by atoms with E-state index in [9.17, 15) is 13.2 Å². The van der Waals surface area contributed by atoms with Gasteiger partial charge >= 0.3 is 0 Å². The maximum atomic E-state index is 12.7. The van der Waals surface area contributed by atoms with Crippen LogP contribution in [-0.4, -0.2) is 25.8 Å². The molecule has 0 atom stereocenters. The summed E-state index contributed by atoms with van der Waals surface area (Å²) in [4.78, 5) is 14.5. The quantitative estimate of drug-likeness (QED) is 0.695. The van der Waals surface area contributed by atoms with E-state index in [1.54, 1.807) is 41.8 Å². The second-order valence-electron chi connectivity index (χ2n) is 6.75. The summed E-state index contributed by atoms with van der Waals surface area (Å²) in [5, 5.41) is 1.72. The maximum Gasteiger partial charge on any atom is 0.271 e. The number of hydrogen-bond acceptors (Lipinski definition) is 4. The van der Waals surface area contributed by atoms with Gasteiger partial charge in [0, 0.05) is 18.8 Å². The Morgan fingerprint density at radius 1 is 1.00 bits per heavy atom. The van der Waals surface area contributed by atoms with Gasteiger partial charge in [0.25, 0.3) is 10.0 Å². The first-order valence-electron chi connectivity index (χ1n) is 9.01. The number of carbonyl (C=O) groups excluding carboxylic acids is 1. The Morgan fingerprint density at radius 2 is 1.75 bits per heavy atom.